The summed E-state index contributed by atoms with van der Waals surface area (Å²) in [5.41, 5.74) is 13.2. The molecule has 0 bridgehead atoms. The Morgan fingerprint density at radius 2 is 1.06 bits per heavy atom. The Kier molecular flexibility index (Phi) is 17.2. The molecular weight excluding hydrogens is 524 g/mol. The van der Waals surface area contributed by atoms with Gasteiger partial charge in [-0.25, -0.2) is 18.6 Å². The third-order valence-corrected chi connectivity index (χ3v) is 2.83. The third-order valence-electron chi connectivity index (χ3n) is 2.67. The Morgan fingerprint density at radius 1 is 0.750 bits per heavy atom. The summed E-state index contributed by atoms with van der Waals surface area (Å²) in [4.78, 5) is 8.16. The van der Waals surface area contributed by atoms with Crippen LogP contribution in [0.3, 0.4) is 0 Å². The van der Waals surface area contributed by atoms with Crippen molar-refractivity contribution < 1.29 is 45.9 Å². The van der Waals surface area contributed by atoms with Crippen molar-refractivity contribution in [2.24, 2.45) is 31.9 Å². The smallest absolute Gasteiger partial charge is 0.741 e. The van der Waals surface area contributed by atoms with Crippen LogP contribution in [0.25, 0.3) is 0 Å². The van der Waals surface area contributed by atoms with Gasteiger partial charge in [-0.3, -0.25) is 9.97 Å². The van der Waals surface area contributed by atoms with Crippen molar-refractivity contribution >= 4 is 47.0 Å². The van der Waals surface area contributed by atoms with E-state index in [0.717, 1.165) is 11.4 Å². The second kappa shape index (κ2) is 17.3. The Hall–Kier alpha value is -2.33. The van der Waals surface area contributed by atoms with Gasteiger partial charge in [-0.15, -0.1) is 10.2 Å². The zero-order chi connectivity index (χ0) is 23.9. The summed E-state index contributed by atoms with van der Waals surface area (Å²) in [6, 6.07) is 11.1. The van der Waals surface area contributed by atoms with Crippen LogP contribution < -0.4 is 30.1 Å². The molecule has 32 heavy (non-hydrogen) atoms. The molecular formula is C16H18ClFeN8O4S2. The first-order valence-corrected chi connectivity index (χ1v) is 9.99. The first-order chi connectivity index (χ1) is 14.4. The normalized spacial score (nSPS) is 12.4. The molecule has 0 atom stereocenters. The molecule has 0 amide bonds. The maximum Gasteiger partial charge on any atom is 3.00 e. The maximum atomic E-state index is 8.49. The predicted octanol–water partition coefficient (Wildman–Crippen LogP) is -3.42. The molecule has 0 aromatic carbocycles. The Labute approximate surface area is 208 Å². The van der Waals surface area contributed by atoms with Gasteiger partial charge in [-0.2, -0.15) is 20.4 Å². The largest absolute Gasteiger partial charge is 3.00 e. The topological polar surface area (TPSA) is 220 Å². The minimum Gasteiger partial charge on any atom is -0.741 e. The molecule has 1 radical (unpaired) electrons. The van der Waals surface area contributed by atoms with Crippen LogP contribution in [0.15, 0.2) is 69.2 Å². The van der Waals surface area contributed by atoms with Crippen LogP contribution in [0.2, 0.25) is 0 Å². The Morgan fingerprint density at radius 3 is 1.28 bits per heavy atom. The molecule has 2 aromatic rings. The SMILES string of the molecule is C/C(=N\N=C(\N)[S-])c1ccccn1.C/C(=N\N=C(\N)[S-])c1ccccn1.[Fe+3].[O-][Cl+3]([O-])([O-])[O-]. The first-order valence-electron chi connectivity index (χ1n) is 7.94. The van der Waals surface area contributed by atoms with E-state index in [-0.39, 0.29) is 27.4 Å². The van der Waals surface area contributed by atoms with Gasteiger partial charge in [0.15, 0.2) is 0 Å². The van der Waals surface area contributed by atoms with E-state index < -0.39 is 10.2 Å². The molecule has 2 aromatic heterocycles. The summed E-state index contributed by atoms with van der Waals surface area (Å²) in [7, 11) is -4.94. The summed E-state index contributed by atoms with van der Waals surface area (Å²) in [5, 5.41) is 14.8. The van der Waals surface area contributed by atoms with Crippen molar-refractivity contribution in [1.29, 1.82) is 0 Å². The molecule has 0 saturated heterocycles. The first kappa shape index (κ1) is 31.9. The van der Waals surface area contributed by atoms with Crippen LogP contribution in [0.1, 0.15) is 25.2 Å². The second-order valence-corrected chi connectivity index (χ2v) is 6.65. The number of nitrogens with two attached hydrogens (primary N) is 2. The summed E-state index contributed by atoms with van der Waals surface area (Å²) in [6.07, 6.45) is 3.38. The van der Waals surface area contributed by atoms with E-state index in [1.165, 1.54) is 0 Å². The average Bonchev–Trinajstić information content (AvgIpc) is 2.70. The van der Waals surface area contributed by atoms with E-state index in [9.17, 15) is 0 Å². The summed E-state index contributed by atoms with van der Waals surface area (Å²) < 4.78 is 34.0. The van der Waals surface area contributed by atoms with Crippen LogP contribution in [-0.2, 0) is 42.3 Å². The fourth-order valence-corrected chi connectivity index (χ4v) is 1.59. The van der Waals surface area contributed by atoms with Crippen molar-refractivity contribution in [3.8, 4) is 0 Å². The molecule has 173 valence electrons. The van der Waals surface area contributed by atoms with E-state index >= 15 is 0 Å². The van der Waals surface area contributed by atoms with E-state index in [4.69, 9.17) is 30.1 Å². The minimum atomic E-state index is -4.94. The van der Waals surface area contributed by atoms with Crippen LogP contribution >= 0.6 is 0 Å². The van der Waals surface area contributed by atoms with Crippen LogP contribution in [0.5, 0.6) is 0 Å². The van der Waals surface area contributed by atoms with Gasteiger partial charge in [-0.1, -0.05) is 12.1 Å². The van der Waals surface area contributed by atoms with Gasteiger partial charge in [-0.05, 0) is 48.4 Å². The molecule has 16 heteroatoms. The predicted molar refractivity (Wildman–Crippen MR) is 111 cm³/mol. The maximum absolute atomic E-state index is 8.49. The number of hydrogen-bond donors (Lipinski definition) is 2. The summed E-state index contributed by atoms with van der Waals surface area (Å²) in [6.45, 7) is 3.59. The Balaban J connectivity index is 0. The number of halogens is 1. The number of amidine groups is 2. The summed E-state index contributed by atoms with van der Waals surface area (Å²) >= 11 is 9.10. The molecule has 0 unspecified atom stereocenters. The van der Waals surface area contributed by atoms with Crippen molar-refractivity contribution in [3.05, 3.63) is 60.2 Å². The number of pyridine rings is 2. The second-order valence-electron chi connectivity index (χ2n) is 5.06. The van der Waals surface area contributed by atoms with Crippen molar-refractivity contribution in [2.45, 2.75) is 13.8 Å². The molecule has 2 rings (SSSR count). The van der Waals surface area contributed by atoms with E-state index in [1.54, 1.807) is 26.2 Å². The van der Waals surface area contributed by atoms with Gasteiger partial charge in [0.25, 0.3) is 0 Å². The molecule has 12 nitrogen and oxygen atoms in total. The molecule has 0 aliphatic carbocycles. The molecule has 0 fully saturated rings. The fraction of sp³-hybridized carbons (Fsp3) is 0.125. The van der Waals surface area contributed by atoms with Gasteiger partial charge in [0.05, 0.1) is 22.8 Å². The molecule has 0 aliphatic heterocycles. The number of hydrogen-bond acceptors (Lipinski definition) is 12. The summed E-state index contributed by atoms with van der Waals surface area (Å²) in [5.74, 6) is 0. The number of nitrogens with zero attached hydrogens (tertiary/aromatic N) is 6. The molecule has 0 aliphatic rings. The van der Waals surface area contributed by atoms with E-state index in [1.807, 2.05) is 36.4 Å². The minimum absolute atomic E-state index is 0. The van der Waals surface area contributed by atoms with Gasteiger partial charge >= 0.3 is 17.1 Å². The van der Waals surface area contributed by atoms with Crippen molar-refractivity contribution in [3.63, 3.8) is 0 Å². The number of rotatable bonds is 4. The zero-order valence-corrected chi connectivity index (χ0v) is 20.1. The van der Waals surface area contributed by atoms with Crippen molar-refractivity contribution in [2.75, 3.05) is 0 Å². The van der Waals surface area contributed by atoms with Gasteiger partial charge in [0, 0.05) is 12.4 Å². The van der Waals surface area contributed by atoms with Gasteiger partial charge in [0.1, 0.15) is 0 Å². The average molecular weight is 542 g/mol. The quantitative estimate of drug-likeness (QED) is 0.128. The monoisotopic (exact) mass is 541 g/mol. The molecule has 0 saturated carbocycles. The van der Waals surface area contributed by atoms with Crippen molar-refractivity contribution in [1.82, 2.24) is 9.97 Å². The third kappa shape index (κ3) is 19.6. The van der Waals surface area contributed by atoms with Crippen LogP contribution in [0.4, 0.5) is 0 Å². The van der Waals surface area contributed by atoms with Crippen LogP contribution in [0, 0.1) is 10.2 Å². The molecule has 2 heterocycles. The standard InChI is InChI=1S/2C8H10N4S.ClHO4.Fe/c2*1-6(11-12-8(9)13)7-4-2-3-5-10-7;2-1(3,4)5;/h2*2-5H,1H3,(H3,9,12,13);(H,2,3,4,5);/q;;;+3/p-3/b2*11-6+;;. The van der Waals surface area contributed by atoms with E-state index in [2.05, 4.69) is 55.6 Å². The van der Waals surface area contributed by atoms with Crippen LogP contribution in [-0.4, -0.2) is 31.7 Å². The Bertz CT molecular complexity index is 830. The van der Waals surface area contributed by atoms with Gasteiger partial charge < -0.3 is 36.7 Å². The van der Waals surface area contributed by atoms with Gasteiger partial charge in [0.2, 0.25) is 0 Å². The molecule has 4 N–H and O–H groups in total. The van der Waals surface area contributed by atoms with E-state index in [0.29, 0.717) is 11.4 Å². The molecule has 0 spiro atoms. The number of aromatic nitrogens is 2. The fourth-order valence-electron chi connectivity index (χ4n) is 1.50. The zero-order valence-electron chi connectivity index (χ0n) is 16.6.